The highest BCUT2D eigenvalue weighted by Crippen LogP contribution is 2.27. The van der Waals surface area contributed by atoms with Crippen molar-refractivity contribution in [2.24, 2.45) is 0 Å². The van der Waals surface area contributed by atoms with Gasteiger partial charge in [0.2, 0.25) is 0 Å². The summed E-state index contributed by atoms with van der Waals surface area (Å²) in [5.74, 6) is -1.40. The van der Waals surface area contributed by atoms with Gasteiger partial charge in [0.15, 0.2) is 0 Å². The zero-order chi connectivity index (χ0) is 15.9. The first-order valence-electron chi connectivity index (χ1n) is 6.35. The summed E-state index contributed by atoms with van der Waals surface area (Å²) in [5.41, 5.74) is 0.611. The van der Waals surface area contributed by atoms with Crippen molar-refractivity contribution in [1.82, 2.24) is 5.32 Å². The predicted molar refractivity (Wildman–Crippen MR) is 90.4 cm³/mol. The number of hydrogen-bond acceptors (Lipinski definition) is 3. The van der Waals surface area contributed by atoms with Gasteiger partial charge in [0.05, 0.1) is 13.0 Å². The highest BCUT2D eigenvalue weighted by molar-refractivity contribution is 8.26. The van der Waals surface area contributed by atoms with Crippen LogP contribution in [0.15, 0.2) is 11.0 Å². The van der Waals surface area contributed by atoms with Crippen molar-refractivity contribution in [3.05, 3.63) is 33.7 Å². The van der Waals surface area contributed by atoms with Crippen LogP contribution in [0.4, 0.5) is 8.78 Å². The van der Waals surface area contributed by atoms with Crippen molar-refractivity contribution in [3.63, 3.8) is 0 Å². The number of aryl methyl sites for hydroxylation is 1. The van der Waals surface area contributed by atoms with Gasteiger partial charge in [-0.3, -0.25) is 4.79 Å². The van der Waals surface area contributed by atoms with Crippen LogP contribution in [0.3, 0.4) is 0 Å². The van der Waals surface area contributed by atoms with Gasteiger partial charge in [-0.1, -0.05) is 43.6 Å². The minimum absolute atomic E-state index is 0.167. The van der Waals surface area contributed by atoms with E-state index in [1.54, 1.807) is 6.92 Å². The fourth-order valence-corrected chi connectivity index (χ4v) is 4.82. The van der Waals surface area contributed by atoms with Gasteiger partial charge in [-0.05, 0) is 24.6 Å². The first kappa shape index (κ1) is 16.3. The molecule has 2 nitrogen and oxygen atoms in total. The lowest BCUT2D eigenvalue weighted by molar-refractivity contribution is -0.115. The van der Waals surface area contributed by atoms with Crippen LogP contribution in [0.5, 0.6) is 0 Å². The molecule has 21 heavy (non-hydrogen) atoms. The van der Waals surface area contributed by atoms with Gasteiger partial charge in [-0.2, -0.15) is 0 Å². The Labute approximate surface area is 133 Å². The molecule has 7 heteroatoms. The number of carbonyl (C=O) groups is 1. The van der Waals surface area contributed by atoms with E-state index in [0.29, 0.717) is 14.8 Å². The smallest absolute Gasteiger partial charge is 0.263 e. The second-order valence-electron chi connectivity index (χ2n) is 5.89. The van der Waals surface area contributed by atoms with Gasteiger partial charge >= 0.3 is 0 Å². The molecule has 1 amide bonds. The second kappa shape index (κ2) is 5.62. The summed E-state index contributed by atoms with van der Waals surface area (Å²) >= 11 is 5.98. The van der Waals surface area contributed by atoms with Crippen molar-refractivity contribution < 1.29 is 13.6 Å². The molecule has 1 saturated heterocycles. The minimum atomic E-state index is -2.18. The molecule has 0 unspecified atom stereocenters. The van der Waals surface area contributed by atoms with Crippen LogP contribution >= 0.6 is 24.0 Å². The van der Waals surface area contributed by atoms with E-state index < -0.39 is 19.7 Å². The zero-order valence-corrected chi connectivity index (χ0v) is 14.8. The minimum Gasteiger partial charge on any atom is -0.307 e. The standard InChI is InChI=1S/C14H15F2NOS2Si/c1-7-5-8(6-9-13(18)17-14(19)20-9)11(16)12(10(7)15)21(2,3)4/h5-6H,1-4H3,(H,17,18,19). The number of amides is 1. The largest absolute Gasteiger partial charge is 0.307 e. The third-order valence-corrected chi connectivity index (χ3v) is 6.19. The lowest BCUT2D eigenvalue weighted by atomic mass is 10.1. The van der Waals surface area contributed by atoms with Crippen LogP contribution in [0.25, 0.3) is 6.08 Å². The Kier molecular flexibility index (Phi) is 4.37. The third-order valence-electron chi connectivity index (χ3n) is 3.09. The van der Waals surface area contributed by atoms with E-state index in [2.05, 4.69) is 5.32 Å². The molecular weight excluding hydrogens is 328 g/mol. The molecule has 0 radical (unpaired) electrons. The molecule has 0 bridgehead atoms. The van der Waals surface area contributed by atoms with Crippen LogP contribution in [0.2, 0.25) is 19.6 Å². The van der Waals surface area contributed by atoms with Crippen LogP contribution in [0, 0.1) is 18.6 Å². The summed E-state index contributed by atoms with van der Waals surface area (Å²) in [5, 5.41) is 2.64. The molecule has 112 valence electrons. The van der Waals surface area contributed by atoms with E-state index in [1.807, 2.05) is 19.6 Å². The fraction of sp³-hybridized carbons (Fsp3) is 0.286. The Hall–Kier alpha value is -1.05. The molecule has 1 N–H and O–H groups in total. The Morgan fingerprint density at radius 2 is 1.90 bits per heavy atom. The normalized spacial score (nSPS) is 17.5. The molecule has 1 fully saturated rings. The van der Waals surface area contributed by atoms with E-state index >= 15 is 0 Å². The van der Waals surface area contributed by atoms with E-state index in [-0.39, 0.29) is 16.7 Å². The molecule has 0 spiro atoms. The SMILES string of the molecule is Cc1cc(C=C2SC(=S)NC2=O)c(F)c([Si](C)(C)C)c1F. The van der Waals surface area contributed by atoms with Crippen molar-refractivity contribution in [2.75, 3.05) is 0 Å². The summed E-state index contributed by atoms with van der Waals surface area (Å²) < 4.78 is 29.3. The second-order valence-corrected chi connectivity index (χ2v) is 12.6. The average Bonchev–Trinajstić information content (AvgIpc) is 2.63. The number of benzene rings is 1. The number of carbonyl (C=O) groups excluding carboxylic acids is 1. The molecule has 1 aromatic rings. The summed E-state index contributed by atoms with van der Waals surface area (Å²) in [7, 11) is -2.18. The Morgan fingerprint density at radius 3 is 2.38 bits per heavy atom. The molecule has 0 aliphatic carbocycles. The Morgan fingerprint density at radius 1 is 1.29 bits per heavy atom. The molecule has 0 aromatic heterocycles. The van der Waals surface area contributed by atoms with Crippen molar-refractivity contribution in [1.29, 1.82) is 0 Å². The van der Waals surface area contributed by atoms with Gasteiger partial charge in [0.25, 0.3) is 5.91 Å². The van der Waals surface area contributed by atoms with Crippen molar-refractivity contribution in [2.45, 2.75) is 26.6 Å². The molecule has 1 aliphatic heterocycles. The van der Waals surface area contributed by atoms with Crippen LogP contribution in [-0.2, 0) is 4.79 Å². The molecular formula is C14H15F2NOS2Si. The number of thiocarbonyl (C=S) groups is 1. The van der Waals surface area contributed by atoms with E-state index in [4.69, 9.17) is 12.2 Å². The Bertz CT molecular complexity index is 681. The highest BCUT2D eigenvalue weighted by Gasteiger charge is 2.29. The van der Waals surface area contributed by atoms with E-state index in [0.717, 1.165) is 11.8 Å². The number of rotatable bonds is 2. The third kappa shape index (κ3) is 3.25. The lowest BCUT2D eigenvalue weighted by Gasteiger charge is -2.21. The summed E-state index contributed by atoms with van der Waals surface area (Å²) in [6, 6.07) is 1.43. The van der Waals surface area contributed by atoms with Crippen molar-refractivity contribution >= 4 is 53.5 Å². The summed E-state index contributed by atoms with van der Waals surface area (Å²) in [6.45, 7) is 7.26. The van der Waals surface area contributed by atoms with Gasteiger partial charge in [-0.25, -0.2) is 8.78 Å². The van der Waals surface area contributed by atoms with E-state index in [9.17, 15) is 13.6 Å². The first-order chi connectivity index (χ1) is 9.61. The monoisotopic (exact) mass is 343 g/mol. The first-order valence-corrected chi connectivity index (χ1v) is 11.1. The maximum atomic E-state index is 14.7. The number of nitrogens with one attached hydrogen (secondary N) is 1. The topological polar surface area (TPSA) is 29.1 Å². The van der Waals surface area contributed by atoms with Crippen LogP contribution in [-0.4, -0.2) is 18.3 Å². The fourth-order valence-electron chi connectivity index (χ4n) is 2.12. The zero-order valence-electron chi connectivity index (χ0n) is 12.1. The lowest BCUT2D eigenvalue weighted by Crippen LogP contribution is -2.43. The maximum Gasteiger partial charge on any atom is 0.263 e. The van der Waals surface area contributed by atoms with Gasteiger partial charge in [-0.15, -0.1) is 0 Å². The van der Waals surface area contributed by atoms with Crippen LogP contribution < -0.4 is 10.5 Å². The quantitative estimate of drug-likeness (QED) is 0.507. The summed E-state index contributed by atoms with van der Waals surface area (Å²) in [6.07, 6.45) is 1.44. The molecule has 2 rings (SSSR count). The number of halogens is 2. The van der Waals surface area contributed by atoms with Gasteiger partial charge in [0, 0.05) is 10.8 Å². The van der Waals surface area contributed by atoms with Gasteiger partial charge < -0.3 is 5.32 Å². The van der Waals surface area contributed by atoms with E-state index in [1.165, 1.54) is 12.1 Å². The molecule has 1 aromatic carbocycles. The molecule has 0 saturated carbocycles. The van der Waals surface area contributed by atoms with Crippen LogP contribution in [0.1, 0.15) is 11.1 Å². The molecule has 1 heterocycles. The van der Waals surface area contributed by atoms with Crippen molar-refractivity contribution in [3.8, 4) is 0 Å². The maximum absolute atomic E-state index is 14.7. The summed E-state index contributed by atoms with van der Waals surface area (Å²) in [4.78, 5) is 12.0. The predicted octanol–water partition coefficient (Wildman–Crippen LogP) is 3.31. The Balaban J connectivity index is 2.62. The average molecular weight is 343 g/mol. The highest BCUT2D eigenvalue weighted by atomic mass is 32.2. The number of thioether (sulfide) groups is 1. The van der Waals surface area contributed by atoms with Gasteiger partial charge in [0.1, 0.15) is 16.0 Å². The number of hydrogen-bond donors (Lipinski definition) is 1. The molecule has 1 aliphatic rings. The molecule has 0 atom stereocenters.